The van der Waals surface area contributed by atoms with Gasteiger partial charge < -0.3 is 18.9 Å². The van der Waals surface area contributed by atoms with Gasteiger partial charge in [0.05, 0.1) is 24.9 Å². The van der Waals surface area contributed by atoms with E-state index in [2.05, 4.69) is 5.16 Å². The van der Waals surface area contributed by atoms with Crippen LogP contribution in [0.5, 0.6) is 0 Å². The number of nitrogens with zero attached hydrogens (tertiary/aromatic N) is 2. The van der Waals surface area contributed by atoms with E-state index in [1.165, 1.54) is 19.0 Å². The molecule has 3 atom stereocenters. The van der Waals surface area contributed by atoms with Crippen LogP contribution in [0.3, 0.4) is 0 Å². The zero-order valence-corrected chi connectivity index (χ0v) is 12.6. The van der Waals surface area contributed by atoms with Crippen molar-refractivity contribution in [3.05, 3.63) is 18.0 Å². The van der Waals surface area contributed by atoms with Crippen molar-refractivity contribution in [2.24, 2.45) is 11.8 Å². The molecule has 2 aliphatic carbocycles. The number of fused-ring (bicyclic) bond motifs is 1. The molecule has 1 saturated heterocycles. The molecule has 4 rings (SSSR count). The molecule has 120 valence electrons. The molecule has 1 aliphatic heterocycles. The number of ether oxygens (including phenoxy) is 2. The van der Waals surface area contributed by atoms with Gasteiger partial charge in [-0.15, -0.1) is 0 Å². The number of aromatic nitrogens is 1. The van der Waals surface area contributed by atoms with Crippen LogP contribution in [0.15, 0.2) is 16.8 Å². The molecular weight excluding hydrogens is 284 g/mol. The first kappa shape index (κ1) is 14.2. The molecular formula is C16H22N2O4. The van der Waals surface area contributed by atoms with E-state index in [-0.39, 0.29) is 18.1 Å². The number of morpholine rings is 1. The Morgan fingerprint density at radius 1 is 1.32 bits per heavy atom. The lowest BCUT2D eigenvalue weighted by atomic mass is 10.1. The molecule has 0 aromatic carbocycles. The van der Waals surface area contributed by atoms with Crippen molar-refractivity contribution in [1.82, 2.24) is 10.1 Å². The quantitative estimate of drug-likeness (QED) is 0.829. The summed E-state index contributed by atoms with van der Waals surface area (Å²) in [4.78, 5) is 14.4. The molecule has 1 aromatic rings. The second kappa shape index (κ2) is 6.01. The summed E-state index contributed by atoms with van der Waals surface area (Å²) in [6, 6.07) is 1.76. The lowest BCUT2D eigenvalue weighted by Crippen LogP contribution is -2.51. The summed E-state index contributed by atoms with van der Waals surface area (Å²) in [5, 5.41) is 3.63. The average Bonchev–Trinajstić information content (AvgIpc) is 3.04. The zero-order chi connectivity index (χ0) is 14.9. The first-order valence-corrected chi connectivity index (χ1v) is 8.22. The fraction of sp³-hybridized carbons (Fsp3) is 0.750. The number of carbonyl (C=O) groups is 1. The van der Waals surface area contributed by atoms with Crippen LogP contribution in [0.2, 0.25) is 0 Å². The van der Waals surface area contributed by atoms with E-state index in [0.717, 1.165) is 32.0 Å². The minimum absolute atomic E-state index is 0.0738. The van der Waals surface area contributed by atoms with E-state index in [4.69, 9.17) is 14.0 Å². The Kier molecular flexibility index (Phi) is 3.88. The Hall–Kier alpha value is -1.40. The highest BCUT2D eigenvalue weighted by Crippen LogP contribution is 2.36. The number of hydrogen-bond acceptors (Lipinski definition) is 5. The SMILES string of the molecule is O=C(c1ccno1)N1CCO[C@@H]2C[C@@H](COCC3CC3)C[C@@H]21. The van der Waals surface area contributed by atoms with E-state index in [1.807, 2.05) is 4.90 Å². The summed E-state index contributed by atoms with van der Waals surface area (Å²) < 4.78 is 16.7. The van der Waals surface area contributed by atoms with Crippen molar-refractivity contribution in [2.45, 2.75) is 37.8 Å². The second-order valence-electron chi connectivity index (χ2n) is 6.67. The number of hydrogen-bond donors (Lipinski definition) is 0. The van der Waals surface area contributed by atoms with Crippen LogP contribution in [-0.4, -0.2) is 54.5 Å². The van der Waals surface area contributed by atoms with E-state index in [0.29, 0.717) is 24.8 Å². The summed E-state index contributed by atoms with van der Waals surface area (Å²) in [5.41, 5.74) is 0. The third kappa shape index (κ3) is 2.90. The topological polar surface area (TPSA) is 64.8 Å². The van der Waals surface area contributed by atoms with Gasteiger partial charge >= 0.3 is 0 Å². The summed E-state index contributed by atoms with van der Waals surface area (Å²) in [7, 11) is 0. The molecule has 0 unspecified atom stereocenters. The van der Waals surface area contributed by atoms with Crippen molar-refractivity contribution in [1.29, 1.82) is 0 Å². The first-order chi connectivity index (χ1) is 10.8. The third-order valence-electron chi connectivity index (χ3n) is 4.95. The van der Waals surface area contributed by atoms with Crippen LogP contribution in [0.4, 0.5) is 0 Å². The van der Waals surface area contributed by atoms with Gasteiger partial charge in [0.2, 0.25) is 5.76 Å². The molecule has 1 aromatic heterocycles. The fourth-order valence-electron chi connectivity index (χ4n) is 3.59. The molecule has 2 saturated carbocycles. The normalized spacial score (nSPS) is 31.3. The van der Waals surface area contributed by atoms with Gasteiger partial charge in [-0.2, -0.15) is 0 Å². The van der Waals surface area contributed by atoms with Gasteiger partial charge in [-0.25, -0.2) is 0 Å². The molecule has 0 bridgehead atoms. The van der Waals surface area contributed by atoms with Crippen LogP contribution in [-0.2, 0) is 9.47 Å². The maximum atomic E-state index is 12.5. The monoisotopic (exact) mass is 306 g/mol. The molecule has 3 aliphatic rings. The summed E-state index contributed by atoms with van der Waals surface area (Å²) >= 11 is 0. The molecule has 0 spiro atoms. The largest absolute Gasteiger partial charge is 0.381 e. The summed E-state index contributed by atoms with van der Waals surface area (Å²) in [6.45, 7) is 2.90. The highest BCUT2D eigenvalue weighted by atomic mass is 16.5. The van der Waals surface area contributed by atoms with Crippen LogP contribution in [0.25, 0.3) is 0 Å². The van der Waals surface area contributed by atoms with Crippen molar-refractivity contribution >= 4 is 5.91 Å². The fourth-order valence-corrected chi connectivity index (χ4v) is 3.59. The Morgan fingerprint density at radius 3 is 2.95 bits per heavy atom. The molecule has 0 radical (unpaired) electrons. The molecule has 1 amide bonds. The molecule has 2 heterocycles. The highest BCUT2D eigenvalue weighted by Gasteiger charge is 2.43. The van der Waals surface area contributed by atoms with Gasteiger partial charge in [-0.05, 0) is 37.5 Å². The highest BCUT2D eigenvalue weighted by molar-refractivity contribution is 5.91. The smallest absolute Gasteiger partial charge is 0.292 e. The molecule has 3 fully saturated rings. The van der Waals surface area contributed by atoms with Crippen molar-refractivity contribution in [3.63, 3.8) is 0 Å². The Bertz CT molecular complexity index is 514. The summed E-state index contributed by atoms with van der Waals surface area (Å²) in [5.74, 6) is 1.52. The Labute approximate surface area is 129 Å². The van der Waals surface area contributed by atoms with Crippen molar-refractivity contribution in [3.8, 4) is 0 Å². The molecule has 22 heavy (non-hydrogen) atoms. The first-order valence-electron chi connectivity index (χ1n) is 8.22. The van der Waals surface area contributed by atoms with E-state index >= 15 is 0 Å². The van der Waals surface area contributed by atoms with Gasteiger partial charge in [0.25, 0.3) is 5.91 Å². The Morgan fingerprint density at radius 2 is 2.18 bits per heavy atom. The Balaban J connectivity index is 1.36. The van der Waals surface area contributed by atoms with Crippen molar-refractivity contribution in [2.75, 3.05) is 26.4 Å². The van der Waals surface area contributed by atoms with Gasteiger partial charge in [0.15, 0.2) is 0 Å². The van der Waals surface area contributed by atoms with Crippen LogP contribution >= 0.6 is 0 Å². The van der Waals surface area contributed by atoms with Crippen LogP contribution in [0.1, 0.15) is 36.2 Å². The van der Waals surface area contributed by atoms with Gasteiger partial charge in [-0.3, -0.25) is 4.79 Å². The minimum Gasteiger partial charge on any atom is -0.381 e. The number of rotatable bonds is 5. The molecule has 6 nitrogen and oxygen atoms in total. The predicted molar refractivity (Wildman–Crippen MR) is 77.3 cm³/mol. The van der Waals surface area contributed by atoms with Crippen LogP contribution < -0.4 is 0 Å². The lowest BCUT2D eigenvalue weighted by molar-refractivity contribution is -0.0460. The average molecular weight is 306 g/mol. The van der Waals surface area contributed by atoms with Gasteiger partial charge in [0.1, 0.15) is 0 Å². The van der Waals surface area contributed by atoms with E-state index in [9.17, 15) is 4.79 Å². The van der Waals surface area contributed by atoms with Crippen LogP contribution in [0, 0.1) is 11.8 Å². The number of amides is 1. The maximum absolute atomic E-state index is 12.5. The minimum atomic E-state index is -0.0738. The van der Waals surface area contributed by atoms with E-state index in [1.54, 1.807) is 6.07 Å². The lowest BCUT2D eigenvalue weighted by Gasteiger charge is -2.37. The molecule has 0 N–H and O–H groups in total. The third-order valence-corrected chi connectivity index (χ3v) is 4.95. The van der Waals surface area contributed by atoms with Gasteiger partial charge in [-0.1, -0.05) is 5.16 Å². The number of carbonyl (C=O) groups excluding carboxylic acids is 1. The zero-order valence-electron chi connectivity index (χ0n) is 12.6. The maximum Gasteiger partial charge on any atom is 0.292 e. The van der Waals surface area contributed by atoms with Crippen molar-refractivity contribution < 1.29 is 18.8 Å². The molecule has 6 heteroatoms. The standard InChI is InChI=1S/C16H22N2O4/c19-16(14-3-4-17-22-14)18-5-6-21-15-8-12(7-13(15)18)10-20-9-11-1-2-11/h3-4,11-13,15H,1-2,5-10H2/t12-,13-,15+/m0/s1. The second-order valence-corrected chi connectivity index (χ2v) is 6.67. The predicted octanol–water partition coefficient (Wildman–Crippen LogP) is 1.72. The summed E-state index contributed by atoms with van der Waals surface area (Å²) in [6.07, 6.45) is 6.21. The van der Waals surface area contributed by atoms with Gasteiger partial charge in [0, 0.05) is 25.8 Å². The van der Waals surface area contributed by atoms with E-state index < -0.39 is 0 Å².